The molecule has 1 N–H and O–H groups in total. The highest BCUT2D eigenvalue weighted by Crippen LogP contribution is 2.11. The highest BCUT2D eigenvalue weighted by Gasteiger charge is 2.15. The first-order valence-electron chi connectivity index (χ1n) is 6.95. The summed E-state index contributed by atoms with van der Waals surface area (Å²) < 4.78 is 4.83. The number of amides is 1. The van der Waals surface area contributed by atoms with Crippen LogP contribution in [-0.4, -0.2) is 30.0 Å². The number of ether oxygens (including phenoxy) is 1. The third-order valence-electron chi connectivity index (χ3n) is 2.68. The molecule has 0 fully saturated rings. The van der Waals surface area contributed by atoms with Crippen LogP contribution >= 0.6 is 11.3 Å². The van der Waals surface area contributed by atoms with E-state index >= 15 is 0 Å². The molecule has 0 spiro atoms. The van der Waals surface area contributed by atoms with Crippen molar-refractivity contribution in [2.24, 2.45) is 5.92 Å². The molecule has 1 aromatic rings. The van der Waals surface area contributed by atoms with Gasteiger partial charge in [0.05, 0.1) is 6.61 Å². The molecule has 1 amide bonds. The molecule has 0 aliphatic heterocycles. The molecule has 1 heterocycles. The van der Waals surface area contributed by atoms with Crippen molar-refractivity contribution in [2.45, 2.75) is 40.0 Å². The number of rotatable bonds is 8. The van der Waals surface area contributed by atoms with E-state index in [2.05, 4.69) is 24.1 Å². The topological polar surface area (TPSA) is 68.3 Å². The van der Waals surface area contributed by atoms with Crippen LogP contribution in [0.3, 0.4) is 0 Å². The summed E-state index contributed by atoms with van der Waals surface area (Å²) in [6.45, 7) is 7.04. The normalized spacial score (nSPS) is 10.6. The molecular weight excluding hydrogens is 276 g/mol. The average Bonchev–Trinajstić information content (AvgIpc) is 2.87. The van der Waals surface area contributed by atoms with E-state index in [1.165, 1.54) is 6.42 Å². The Bertz CT molecular complexity index is 443. The van der Waals surface area contributed by atoms with Crippen molar-refractivity contribution in [3.63, 3.8) is 0 Å². The number of carbonyl (C=O) groups is 2. The molecule has 0 saturated heterocycles. The fourth-order valence-electron chi connectivity index (χ4n) is 1.63. The number of hydrogen-bond donors (Lipinski definition) is 1. The zero-order chi connectivity index (χ0) is 15.0. The highest BCUT2D eigenvalue weighted by molar-refractivity contribution is 7.11. The first kappa shape index (κ1) is 16.6. The Hall–Kier alpha value is -1.43. The SMILES string of the molecule is CCOC(=O)c1nc(C(=O)NCCCCC(C)C)cs1. The Morgan fingerprint density at radius 3 is 2.80 bits per heavy atom. The molecule has 0 aliphatic carbocycles. The quantitative estimate of drug-likeness (QED) is 0.592. The third kappa shape index (κ3) is 5.69. The first-order chi connectivity index (χ1) is 9.54. The molecule has 0 aromatic carbocycles. The molecule has 5 nitrogen and oxygen atoms in total. The predicted molar refractivity (Wildman–Crippen MR) is 79.1 cm³/mol. The summed E-state index contributed by atoms with van der Waals surface area (Å²) in [4.78, 5) is 27.2. The van der Waals surface area contributed by atoms with E-state index in [1.54, 1.807) is 12.3 Å². The molecule has 0 saturated carbocycles. The van der Waals surface area contributed by atoms with Crippen molar-refractivity contribution in [3.8, 4) is 0 Å². The van der Waals surface area contributed by atoms with Crippen LogP contribution in [0.5, 0.6) is 0 Å². The van der Waals surface area contributed by atoms with Crippen LogP contribution in [0.15, 0.2) is 5.38 Å². The van der Waals surface area contributed by atoms with E-state index in [-0.39, 0.29) is 16.6 Å². The van der Waals surface area contributed by atoms with Crippen molar-refractivity contribution < 1.29 is 14.3 Å². The maximum Gasteiger partial charge on any atom is 0.367 e. The molecule has 0 radical (unpaired) electrons. The fourth-order valence-corrected chi connectivity index (χ4v) is 2.32. The van der Waals surface area contributed by atoms with Gasteiger partial charge in [-0.3, -0.25) is 4.79 Å². The molecule has 1 rings (SSSR count). The Morgan fingerprint density at radius 1 is 1.40 bits per heavy atom. The Kier molecular flexibility index (Phi) is 7.22. The van der Waals surface area contributed by atoms with E-state index in [4.69, 9.17) is 4.74 Å². The van der Waals surface area contributed by atoms with Crippen LogP contribution in [0.4, 0.5) is 0 Å². The molecular formula is C14H22N2O3S. The lowest BCUT2D eigenvalue weighted by molar-refractivity contribution is 0.0526. The average molecular weight is 298 g/mol. The van der Waals surface area contributed by atoms with Gasteiger partial charge in [0.1, 0.15) is 5.69 Å². The molecule has 0 bridgehead atoms. The zero-order valence-corrected chi connectivity index (χ0v) is 13.1. The first-order valence-corrected chi connectivity index (χ1v) is 7.83. The van der Waals surface area contributed by atoms with Crippen LogP contribution < -0.4 is 5.32 Å². The van der Waals surface area contributed by atoms with Crippen molar-refractivity contribution in [1.29, 1.82) is 0 Å². The summed E-state index contributed by atoms with van der Waals surface area (Å²) in [5.41, 5.74) is 0.280. The van der Waals surface area contributed by atoms with Gasteiger partial charge in [0.2, 0.25) is 5.01 Å². The summed E-state index contributed by atoms with van der Waals surface area (Å²) in [6, 6.07) is 0. The van der Waals surface area contributed by atoms with E-state index in [1.807, 2.05) is 0 Å². The lowest BCUT2D eigenvalue weighted by atomic mass is 10.1. The highest BCUT2D eigenvalue weighted by atomic mass is 32.1. The van der Waals surface area contributed by atoms with Gasteiger partial charge < -0.3 is 10.1 Å². The number of unbranched alkanes of at least 4 members (excludes halogenated alkanes) is 1. The summed E-state index contributed by atoms with van der Waals surface area (Å²) in [5.74, 6) is -0.0220. The van der Waals surface area contributed by atoms with Gasteiger partial charge in [0, 0.05) is 11.9 Å². The van der Waals surface area contributed by atoms with Gasteiger partial charge >= 0.3 is 5.97 Å². The minimum Gasteiger partial charge on any atom is -0.461 e. The van der Waals surface area contributed by atoms with Gasteiger partial charge in [-0.2, -0.15) is 0 Å². The predicted octanol–water partition coefficient (Wildman–Crippen LogP) is 2.88. The van der Waals surface area contributed by atoms with E-state index in [0.29, 0.717) is 19.1 Å². The number of carbonyl (C=O) groups excluding carboxylic acids is 2. The number of thiazole rings is 1. The maximum atomic E-state index is 11.8. The van der Waals surface area contributed by atoms with Crippen LogP contribution in [0.2, 0.25) is 0 Å². The second kappa shape index (κ2) is 8.68. The number of esters is 1. The molecule has 0 atom stereocenters. The Labute approximate surface area is 123 Å². The lowest BCUT2D eigenvalue weighted by Gasteiger charge is -2.05. The molecule has 20 heavy (non-hydrogen) atoms. The van der Waals surface area contributed by atoms with Gasteiger partial charge in [-0.25, -0.2) is 9.78 Å². The van der Waals surface area contributed by atoms with Gasteiger partial charge in [0.15, 0.2) is 0 Å². The smallest absolute Gasteiger partial charge is 0.367 e. The molecule has 0 unspecified atom stereocenters. The monoisotopic (exact) mass is 298 g/mol. The molecule has 1 aromatic heterocycles. The lowest BCUT2D eigenvalue weighted by Crippen LogP contribution is -2.25. The molecule has 0 aliphatic rings. The van der Waals surface area contributed by atoms with Crippen molar-refractivity contribution in [3.05, 3.63) is 16.1 Å². The number of hydrogen-bond acceptors (Lipinski definition) is 5. The number of aromatic nitrogens is 1. The van der Waals surface area contributed by atoms with Crippen molar-refractivity contribution in [2.75, 3.05) is 13.2 Å². The summed E-state index contributed by atoms with van der Waals surface area (Å²) >= 11 is 1.13. The zero-order valence-electron chi connectivity index (χ0n) is 12.3. The Morgan fingerprint density at radius 2 is 2.15 bits per heavy atom. The number of nitrogens with one attached hydrogen (secondary N) is 1. The number of nitrogens with zero attached hydrogens (tertiary/aromatic N) is 1. The fraction of sp³-hybridized carbons (Fsp3) is 0.643. The summed E-state index contributed by atoms with van der Waals surface area (Å²) in [7, 11) is 0. The van der Waals surface area contributed by atoms with Crippen molar-refractivity contribution >= 4 is 23.2 Å². The van der Waals surface area contributed by atoms with Crippen molar-refractivity contribution in [1.82, 2.24) is 10.3 Å². The minimum atomic E-state index is -0.478. The van der Waals surface area contributed by atoms with Crippen LogP contribution in [0.1, 0.15) is 60.3 Å². The van der Waals surface area contributed by atoms with Gasteiger partial charge in [-0.1, -0.05) is 26.7 Å². The second-order valence-electron chi connectivity index (χ2n) is 4.90. The summed E-state index contributed by atoms with van der Waals surface area (Å²) in [6.07, 6.45) is 3.22. The Balaban J connectivity index is 2.35. The largest absolute Gasteiger partial charge is 0.461 e. The van der Waals surface area contributed by atoms with Gasteiger partial charge in [0.25, 0.3) is 5.91 Å². The second-order valence-corrected chi connectivity index (χ2v) is 5.76. The molecule has 112 valence electrons. The third-order valence-corrected chi connectivity index (χ3v) is 3.50. The van der Waals surface area contributed by atoms with Crippen LogP contribution in [0.25, 0.3) is 0 Å². The van der Waals surface area contributed by atoms with E-state index < -0.39 is 5.97 Å². The van der Waals surface area contributed by atoms with E-state index in [0.717, 1.165) is 24.2 Å². The summed E-state index contributed by atoms with van der Waals surface area (Å²) in [5, 5.41) is 4.61. The van der Waals surface area contributed by atoms with Gasteiger partial charge in [-0.15, -0.1) is 11.3 Å². The minimum absolute atomic E-state index is 0.219. The standard InChI is InChI=1S/C14H22N2O3S/c1-4-19-14(18)13-16-11(9-20-13)12(17)15-8-6-5-7-10(2)3/h9-10H,4-8H2,1-3H3,(H,15,17). The van der Waals surface area contributed by atoms with Crippen LogP contribution in [-0.2, 0) is 4.74 Å². The molecule has 6 heteroatoms. The van der Waals surface area contributed by atoms with Crippen LogP contribution in [0, 0.1) is 5.92 Å². The van der Waals surface area contributed by atoms with E-state index in [9.17, 15) is 9.59 Å². The van der Waals surface area contributed by atoms with Gasteiger partial charge in [-0.05, 0) is 19.3 Å². The maximum absolute atomic E-state index is 11.8.